The Hall–Kier alpha value is -3.10. The molecule has 3 heterocycles. The molecule has 1 atom stereocenters. The van der Waals surface area contributed by atoms with Crippen molar-refractivity contribution in [2.24, 2.45) is 0 Å². The number of rotatable bonds is 9. The first-order valence-corrected chi connectivity index (χ1v) is 12.7. The number of benzene rings is 1. The van der Waals surface area contributed by atoms with Gasteiger partial charge in [0.1, 0.15) is 6.04 Å². The van der Waals surface area contributed by atoms with Gasteiger partial charge in [0.15, 0.2) is 11.7 Å². The summed E-state index contributed by atoms with van der Waals surface area (Å²) in [5.74, 6) is 0.373. The number of hydrogen-bond donors (Lipinski definition) is 0. The largest absolute Gasteiger partial charge is 0.481 e. The van der Waals surface area contributed by atoms with Crippen molar-refractivity contribution in [1.82, 2.24) is 14.8 Å². The van der Waals surface area contributed by atoms with Crippen LogP contribution >= 0.6 is 22.9 Å². The lowest BCUT2D eigenvalue weighted by Crippen LogP contribution is -2.59. The third kappa shape index (κ3) is 6.13. The number of hydrogen-bond acceptors (Lipinski definition) is 6. The fourth-order valence-corrected chi connectivity index (χ4v) is 5.01. The van der Waals surface area contributed by atoms with Crippen LogP contribution in [0, 0.1) is 0 Å². The maximum Gasteiger partial charge on any atom is 0.261 e. The van der Waals surface area contributed by atoms with Crippen molar-refractivity contribution in [3.8, 4) is 22.1 Å². The molecule has 0 N–H and O–H groups in total. The van der Waals surface area contributed by atoms with Crippen LogP contribution < -0.4 is 9.47 Å². The monoisotopic (exact) mass is 513 g/mol. The van der Waals surface area contributed by atoms with Crippen LogP contribution in [-0.2, 0) is 16.1 Å². The molecule has 1 saturated heterocycles. The molecule has 0 aliphatic carbocycles. The Morgan fingerprint density at radius 3 is 2.51 bits per heavy atom. The van der Waals surface area contributed by atoms with Crippen molar-refractivity contribution in [2.75, 3.05) is 26.8 Å². The molecule has 7 nitrogen and oxygen atoms in total. The van der Waals surface area contributed by atoms with Crippen LogP contribution in [0.15, 0.2) is 54.7 Å². The average molecular weight is 514 g/mol. The molecule has 0 bridgehead atoms. The van der Waals surface area contributed by atoms with Crippen molar-refractivity contribution in [3.05, 3.63) is 64.6 Å². The summed E-state index contributed by atoms with van der Waals surface area (Å²) in [6, 6.07) is 14.9. The van der Waals surface area contributed by atoms with E-state index in [1.165, 1.54) is 11.3 Å². The van der Waals surface area contributed by atoms with Crippen LogP contribution in [0.3, 0.4) is 0 Å². The summed E-state index contributed by atoms with van der Waals surface area (Å²) in [7, 11) is 1.59. The molecule has 2 aromatic heterocycles. The number of halogens is 1. The van der Waals surface area contributed by atoms with E-state index in [1.54, 1.807) is 30.3 Å². The summed E-state index contributed by atoms with van der Waals surface area (Å²) in [6.45, 7) is 3.39. The normalized spacial score (nSPS) is 15.9. The zero-order valence-corrected chi connectivity index (χ0v) is 21.3. The van der Waals surface area contributed by atoms with Gasteiger partial charge in [-0.05, 0) is 35.7 Å². The van der Waals surface area contributed by atoms with E-state index >= 15 is 0 Å². The van der Waals surface area contributed by atoms with E-state index < -0.39 is 6.04 Å². The average Bonchev–Trinajstić information content (AvgIpc) is 3.30. The first-order chi connectivity index (χ1) is 17.0. The predicted molar refractivity (Wildman–Crippen MR) is 137 cm³/mol. The molecule has 0 saturated carbocycles. The summed E-state index contributed by atoms with van der Waals surface area (Å²) < 4.78 is 11.3. The van der Waals surface area contributed by atoms with Gasteiger partial charge in [-0.25, -0.2) is 4.98 Å². The Kier molecular flexibility index (Phi) is 8.25. The van der Waals surface area contributed by atoms with E-state index in [9.17, 15) is 9.59 Å². The summed E-state index contributed by atoms with van der Waals surface area (Å²) in [6.07, 6.45) is 3.20. The number of amides is 2. The van der Waals surface area contributed by atoms with Crippen molar-refractivity contribution >= 4 is 34.8 Å². The van der Waals surface area contributed by atoms with Gasteiger partial charge >= 0.3 is 0 Å². The number of thiophene rings is 1. The minimum absolute atomic E-state index is 0.0194. The topological polar surface area (TPSA) is 72.0 Å². The maximum atomic E-state index is 13.3. The second kappa shape index (κ2) is 11.6. The number of aromatic nitrogens is 1. The summed E-state index contributed by atoms with van der Waals surface area (Å²) in [4.78, 5) is 34.0. The Bertz CT molecular complexity index is 1150. The molecule has 1 aliphatic heterocycles. The molecule has 3 aromatic rings. The lowest BCUT2D eigenvalue weighted by Gasteiger charge is -2.40. The molecule has 2 amide bonds. The van der Waals surface area contributed by atoms with Crippen LogP contribution in [0.25, 0.3) is 11.1 Å². The number of piperazine rings is 1. The molecule has 184 valence electrons. The smallest absolute Gasteiger partial charge is 0.261 e. The molecular formula is C26H28ClN3O4S. The number of ether oxygens (including phenoxy) is 2. The van der Waals surface area contributed by atoms with Crippen molar-refractivity contribution in [3.63, 3.8) is 0 Å². The van der Waals surface area contributed by atoms with Gasteiger partial charge in [0.25, 0.3) is 5.91 Å². The third-order valence-corrected chi connectivity index (χ3v) is 7.10. The fourth-order valence-electron chi connectivity index (χ4n) is 4.13. The van der Waals surface area contributed by atoms with Crippen molar-refractivity contribution < 1.29 is 19.1 Å². The van der Waals surface area contributed by atoms with Crippen LogP contribution in [0.2, 0.25) is 4.34 Å². The lowest BCUT2D eigenvalue weighted by atomic mass is 10.0. The molecule has 1 aliphatic rings. The fraction of sp³-hybridized carbons (Fsp3) is 0.346. The highest BCUT2D eigenvalue weighted by Gasteiger charge is 2.36. The van der Waals surface area contributed by atoms with Crippen molar-refractivity contribution in [2.45, 2.75) is 32.4 Å². The van der Waals surface area contributed by atoms with E-state index in [4.69, 9.17) is 21.1 Å². The Morgan fingerprint density at radius 2 is 1.89 bits per heavy atom. The van der Waals surface area contributed by atoms with Gasteiger partial charge in [0.05, 0.1) is 11.4 Å². The minimum Gasteiger partial charge on any atom is -0.481 e. The van der Waals surface area contributed by atoms with Gasteiger partial charge in [0, 0.05) is 37.5 Å². The zero-order chi connectivity index (χ0) is 24.8. The Labute approximate surface area is 214 Å². The highest BCUT2D eigenvalue weighted by Crippen LogP contribution is 2.28. The summed E-state index contributed by atoms with van der Waals surface area (Å²) in [5.41, 5.74) is 3.08. The SMILES string of the molecule is CCC[C@H]1C(=O)N(Cc2ccc(-c3ccc(OC)nc3)cc2)CCN1C(=O)COc1ccc(Cl)s1. The standard InChI is InChI=1S/C26H28ClN3O4S/c1-3-4-21-26(32)29(13-14-30(21)24(31)17-34-25-12-10-22(27)35-25)16-18-5-7-19(8-6-18)20-9-11-23(33-2)28-15-20/h5-12,15,21H,3-4,13-14,16-17H2,1-2H3/t21-/m0/s1. The van der Waals surface area contributed by atoms with Crippen LogP contribution in [0.1, 0.15) is 25.3 Å². The molecule has 35 heavy (non-hydrogen) atoms. The molecule has 9 heteroatoms. The molecule has 4 rings (SSSR count). The van der Waals surface area contributed by atoms with E-state index in [2.05, 4.69) is 4.98 Å². The van der Waals surface area contributed by atoms with Gasteiger partial charge in [-0.1, -0.05) is 60.5 Å². The third-order valence-electron chi connectivity index (χ3n) is 5.96. The molecular weight excluding hydrogens is 486 g/mol. The van der Waals surface area contributed by atoms with E-state index in [1.807, 2.05) is 48.2 Å². The van der Waals surface area contributed by atoms with Gasteiger partial charge in [0.2, 0.25) is 11.8 Å². The number of methoxy groups -OCH3 is 1. The predicted octanol–water partition coefficient (Wildman–Crippen LogP) is 4.89. The first kappa shape index (κ1) is 25.0. The minimum atomic E-state index is -0.471. The van der Waals surface area contributed by atoms with Gasteiger partial charge in [-0.2, -0.15) is 0 Å². The van der Waals surface area contributed by atoms with Crippen LogP contribution in [0.5, 0.6) is 10.9 Å². The number of nitrogens with zero attached hydrogens (tertiary/aromatic N) is 3. The molecule has 1 aromatic carbocycles. The van der Waals surface area contributed by atoms with Crippen LogP contribution in [-0.4, -0.2) is 59.4 Å². The Balaban J connectivity index is 1.38. The highest BCUT2D eigenvalue weighted by molar-refractivity contribution is 7.17. The van der Waals surface area contributed by atoms with E-state index in [0.717, 1.165) is 23.1 Å². The Morgan fingerprint density at radius 1 is 1.11 bits per heavy atom. The quantitative estimate of drug-likeness (QED) is 0.407. The van der Waals surface area contributed by atoms with Crippen LogP contribution in [0.4, 0.5) is 0 Å². The second-order valence-electron chi connectivity index (χ2n) is 8.28. The molecule has 0 unspecified atom stereocenters. The highest BCUT2D eigenvalue weighted by atomic mass is 35.5. The van der Waals surface area contributed by atoms with E-state index in [0.29, 0.717) is 41.3 Å². The summed E-state index contributed by atoms with van der Waals surface area (Å²) >= 11 is 7.21. The number of carbonyl (C=O) groups is 2. The van der Waals surface area contributed by atoms with Gasteiger partial charge in [-0.15, -0.1) is 0 Å². The van der Waals surface area contributed by atoms with Gasteiger partial charge < -0.3 is 19.3 Å². The second-order valence-corrected chi connectivity index (χ2v) is 9.96. The molecule has 1 fully saturated rings. The zero-order valence-electron chi connectivity index (χ0n) is 19.8. The number of pyridine rings is 1. The lowest BCUT2D eigenvalue weighted by molar-refractivity contribution is -0.153. The van der Waals surface area contributed by atoms with Crippen molar-refractivity contribution in [1.29, 1.82) is 0 Å². The molecule has 0 spiro atoms. The molecule has 0 radical (unpaired) electrons. The first-order valence-electron chi connectivity index (χ1n) is 11.5. The van der Waals surface area contributed by atoms with Gasteiger partial charge in [-0.3, -0.25) is 9.59 Å². The summed E-state index contributed by atoms with van der Waals surface area (Å²) in [5, 5.41) is 0.592. The number of carbonyl (C=O) groups excluding carboxylic acids is 2. The maximum absolute atomic E-state index is 13.3. The van der Waals surface area contributed by atoms with E-state index in [-0.39, 0.29) is 18.4 Å².